The number of benzene rings is 2. The second-order valence-electron chi connectivity index (χ2n) is 4.18. The number of rotatable bonds is 5. The number of para-hydroxylation sites is 1. The fourth-order valence-corrected chi connectivity index (χ4v) is 1.67. The normalized spacial score (nSPS) is 10.6. The van der Waals surface area contributed by atoms with Crippen LogP contribution in [0.15, 0.2) is 53.6 Å². The zero-order valence-corrected chi connectivity index (χ0v) is 11.8. The van der Waals surface area contributed by atoms with Gasteiger partial charge in [-0.05, 0) is 29.8 Å². The number of carbonyl (C=O) groups excluding carboxylic acids is 1. The predicted molar refractivity (Wildman–Crippen MR) is 82.1 cm³/mol. The number of anilines is 1. The van der Waals surface area contributed by atoms with E-state index >= 15 is 0 Å². The van der Waals surface area contributed by atoms with Gasteiger partial charge in [-0.2, -0.15) is 5.10 Å². The van der Waals surface area contributed by atoms with Crippen LogP contribution in [0.4, 0.5) is 10.1 Å². The molecule has 2 N–H and O–H groups in total. The summed E-state index contributed by atoms with van der Waals surface area (Å²) in [4.78, 5) is 11.5. The van der Waals surface area contributed by atoms with Crippen molar-refractivity contribution in [3.05, 3.63) is 64.9 Å². The first kappa shape index (κ1) is 15.0. The third-order valence-corrected chi connectivity index (χ3v) is 2.84. The van der Waals surface area contributed by atoms with Crippen LogP contribution in [0.2, 0.25) is 5.02 Å². The minimum Gasteiger partial charge on any atom is -0.374 e. The van der Waals surface area contributed by atoms with Gasteiger partial charge in [-0.1, -0.05) is 35.9 Å². The zero-order chi connectivity index (χ0) is 15.1. The number of hydrogen-bond donors (Lipinski definition) is 2. The Morgan fingerprint density at radius 2 is 1.90 bits per heavy atom. The van der Waals surface area contributed by atoms with E-state index in [1.807, 2.05) is 0 Å². The molecule has 2 aromatic rings. The fraction of sp³-hybridized carbons (Fsp3) is 0.0667. The first-order chi connectivity index (χ1) is 10.1. The lowest BCUT2D eigenvalue weighted by atomic mass is 10.2. The summed E-state index contributed by atoms with van der Waals surface area (Å²) in [5.74, 6) is -0.779. The molecular weight excluding hydrogens is 293 g/mol. The Hall–Kier alpha value is -2.40. The molecular formula is C15H13ClFN3O. The first-order valence-electron chi connectivity index (χ1n) is 6.21. The third kappa shape index (κ3) is 4.89. The molecule has 2 rings (SSSR count). The van der Waals surface area contributed by atoms with Crippen LogP contribution in [-0.4, -0.2) is 18.7 Å². The molecule has 0 heterocycles. The van der Waals surface area contributed by atoms with Gasteiger partial charge in [-0.25, -0.2) is 9.82 Å². The molecule has 2 aromatic carbocycles. The van der Waals surface area contributed by atoms with Crippen molar-refractivity contribution in [3.63, 3.8) is 0 Å². The van der Waals surface area contributed by atoms with Gasteiger partial charge >= 0.3 is 0 Å². The van der Waals surface area contributed by atoms with E-state index in [9.17, 15) is 9.18 Å². The van der Waals surface area contributed by atoms with Crippen LogP contribution >= 0.6 is 11.6 Å². The second kappa shape index (κ2) is 7.40. The Morgan fingerprint density at radius 1 is 1.19 bits per heavy atom. The van der Waals surface area contributed by atoms with Crippen molar-refractivity contribution in [3.8, 4) is 0 Å². The molecule has 0 fully saturated rings. The average Bonchev–Trinajstić information content (AvgIpc) is 2.48. The number of amides is 1. The van der Waals surface area contributed by atoms with E-state index in [0.717, 1.165) is 5.56 Å². The highest BCUT2D eigenvalue weighted by molar-refractivity contribution is 6.30. The van der Waals surface area contributed by atoms with E-state index in [1.54, 1.807) is 42.5 Å². The number of nitrogens with one attached hydrogen (secondary N) is 2. The SMILES string of the molecule is O=C(CNc1ccccc1F)N/N=C/c1ccc(Cl)cc1. The molecule has 0 unspecified atom stereocenters. The Kier molecular flexibility index (Phi) is 5.29. The Balaban J connectivity index is 1.80. The molecule has 0 aliphatic carbocycles. The van der Waals surface area contributed by atoms with Gasteiger partial charge < -0.3 is 5.32 Å². The van der Waals surface area contributed by atoms with Crippen LogP contribution in [0.1, 0.15) is 5.56 Å². The molecule has 1 amide bonds. The summed E-state index contributed by atoms with van der Waals surface area (Å²) in [7, 11) is 0. The molecule has 0 radical (unpaired) electrons. The number of nitrogens with zero attached hydrogens (tertiary/aromatic N) is 1. The van der Waals surface area contributed by atoms with E-state index < -0.39 is 5.82 Å². The monoisotopic (exact) mass is 305 g/mol. The summed E-state index contributed by atoms with van der Waals surface area (Å²) in [5, 5.41) is 7.12. The van der Waals surface area contributed by atoms with Crippen LogP contribution in [0.3, 0.4) is 0 Å². The highest BCUT2D eigenvalue weighted by Gasteiger charge is 2.02. The van der Waals surface area contributed by atoms with Gasteiger partial charge in [0.2, 0.25) is 0 Å². The number of hydrazone groups is 1. The van der Waals surface area contributed by atoms with Crippen LogP contribution in [0.25, 0.3) is 0 Å². The van der Waals surface area contributed by atoms with E-state index in [0.29, 0.717) is 5.02 Å². The molecule has 0 spiro atoms. The largest absolute Gasteiger partial charge is 0.374 e. The summed E-state index contributed by atoms with van der Waals surface area (Å²) >= 11 is 5.76. The van der Waals surface area contributed by atoms with Gasteiger partial charge in [0, 0.05) is 5.02 Å². The summed E-state index contributed by atoms with van der Waals surface area (Å²) in [6.07, 6.45) is 1.50. The maximum atomic E-state index is 13.3. The van der Waals surface area contributed by atoms with Crippen LogP contribution in [0, 0.1) is 5.82 Å². The predicted octanol–water partition coefficient (Wildman–Crippen LogP) is 3.04. The van der Waals surface area contributed by atoms with E-state index in [4.69, 9.17) is 11.6 Å². The van der Waals surface area contributed by atoms with E-state index in [1.165, 1.54) is 12.3 Å². The van der Waals surface area contributed by atoms with E-state index in [2.05, 4.69) is 15.8 Å². The summed E-state index contributed by atoms with van der Waals surface area (Å²) < 4.78 is 13.3. The van der Waals surface area contributed by atoms with Crippen molar-refractivity contribution in [1.29, 1.82) is 0 Å². The van der Waals surface area contributed by atoms with Gasteiger partial charge in [0.1, 0.15) is 5.82 Å². The molecule has 6 heteroatoms. The standard InChI is InChI=1S/C15H13ClFN3O/c16-12-7-5-11(6-8-12)9-19-20-15(21)10-18-14-4-2-1-3-13(14)17/h1-9,18H,10H2,(H,20,21)/b19-9+. The van der Waals surface area contributed by atoms with Crippen molar-refractivity contribution in [1.82, 2.24) is 5.43 Å². The molecule has 4 nitrogen and oxygen atoms in total. The van der Waals surface area contributed by atoms with Gasteiger partial charge in [0.25, 0.3) is 5.91 Å². The Labute approximate surface area is 126 Å². The minimum absolute atomic E-state index is 0.0705. The van der Waals surface area contributed by atoms with Gasteiger partial charge in [-0.3, -0.25) is 4.79 Å². The number of hydrogen-bond acceptors (Lipinski definition) is 3. The highest BCUT2D eigenvalue weighted by atomic mass is 35.5. The second-order valence-corrected chi connectivity index (χ2v) is 4.61. The molecule has 0 saturated carbocycles. The zero-order valence-electron chi connectivity index (χ0n) is 11.0. The molecule has 0 saturated heterocycles. The van der Waals surface area contributed by atoms with Crippen molar-refractivity contribution in [2.24, 2.45) is 5.10 Å². The number of halogens is 2. The molecule has 0 aliphatic heterocycles. The lowest BCUT2D eigenvalue weighted by Crippen LogP contribution is -2.26. The van der Waals surface area contributed by atoms with Gasteiger partial charge in [-0.15, -0.1) is 0 Å². The van der Waals surface area contributed by atoms with Crippen LogP contribution < -0.4 is 10.7 Å². The lowest BCUT2D eigenvalue weighted by molar-refractivity contribution is -0.119. The lowest BCUT2D eigenvalue weighted by Gasteiger charge is -2.05. The number of carbonyl (C=O) groups is 1. The summed E-state index contributed by atoms with van der Waals surface area (Å²) in [5.41, 5.74) is 3.43. The summed E-state index contributed by atoms with van der Waals surface area (Å²) in [6.45, 7) is -0.0705. The topological polar surface area (TPSA) is 53.5 Å². The Bertz CT molecular complexity index is 644. The van der Waals surface area contributed by atoms with Crippen LogP contribution in [-0.2, 0) is 4.79 Å². The van der Waals surface area contributed by atoms with Gasteiger partial charge in [0.15, 0.2) is 0 Å². The maximum absolute atomic E-state index is 13.3. The average molecular weight is 306 g/mol. The highest BCUT2D eigenvalue weighted by Crippen LogP contribution is 2.11. The maximum Gasteiger partial charge on any atom is 0.259 e. The van der Waals surface area contributed by atoms with Crippen molar-refractivity contribution in [2.45, 2.75) is 0 Å². The quantitative estimate of drug-likeness (QED) is 0.659. The first-order valence-corrected chi connectivity index (χ1v) is 6.59. The molecule has 108 valence electrons. The van der Waals surface area contributed by atoms with Crippen molar-refractivity contribution < 1.29 is 9.18 Å². The molecule has 0 bridgehead atoms. The Morgan fingerprint density at radius 3 is 2.62 bits per heavy atom. The summed E-state index contributed by atoms with van der Waals surface area (Å²) in [6, 6.07) is 13.1. The van der Waals surface area contributed by atoms with E-state index in [-0.39, 0.29) is 18.1 Å². The third-order valence-electron chi connectivity index (χ3n) is 2.59. The minimum atomic E-state index is -0.407. The smallest absolute Gasteiger partial charge is 0.259 e. The van der Waals surface area contributed by atoms with Crippen molar-refractivity contribution in [2.75, 3.05) is 11.9 Å². The van der Waals surface area contributed by atoms with Gasteiger partial charge in [0.05, 0.1) is 18.4 Å². The molecule has 0 aromatic heterocycles. The molecule has 0 aliphatic rings. The molecule has 21 heavy (non-hydrogen) atoms. The molecule has 0 atom stereocenters. The van der Waals surface area contributed by atoms with Crippen molar-refractivity contribution >= 4 is 29.4 Å². The van der Waals surface area contributed by atoms with Crippen LogP contribution in [0.5, 0.6) is 0 Å². The fourth-order valence-electron chi connectivity index (χ4n) is 1.55.